The quantitative estimate of drug-likeness (QED) is 0.110. The molecule has 0 aliphatic carbocycles. The Kier molecular flexibility index (Phi) is 18.1. The van der Waals surface area contributed by atoms with Gasteiger partial charge in [-0.2, -0.15) is 0 Å². The van der Waals surface area contributed by atoms with Crippen LogP contribution in [0.15, 0.2) is 23.8 Å². The predicted molar refractivity (Wildman–Crippen MR) is 184 cm³/mol. The smallest absolute Gasteiger partial charge is 0.409 e. The summed E-state index contributed by atoms with van der Waals surface area (Å²) in [7, 11) is 2.87. The lowest BCUT2D eigenvalue weighted by Crippen LogP contribution is -2.46. The minimum Gasteiger partial charge on any atom is -0.467 e. The van der Waals surface area contributed by atoms with Crippen molar-refractivity contribution >= 4 is 18.0 Å². The molecule has 2 aliphatic rings. The summed E-state index contributed by atoms with van der Waals surface area (Å²) in [5.74, 6) is -0.265. The summed E-state index contributed by atoms with van der Waals surface area (Å²) in [6, 6.07) is -0.828. The van der Waals surface area contributed by atoms with Gasteiger partial charge in [-0.05, 0) is 84.1 Å². The number of rotatable bonds is 18. The highest BCUT2D eigenvalue weighted by atomic mass is 16.6. The average molecular weight is 682 g/mol. The maximum absolute atomic E-state index is 13.0. The van der Waals surface area contributed by atoms with Crippen LogP contribution in [0.3, 0.4) is 0 Å². The first kappa shape index (κ1) is 41.7. The zero-order valence-corrected chi connectivity index (χ0v) is 30.8. The molecule has 276 valence electrons. The van der Waals surface area contributed by atoms with E-state index in [4.69, 9.17) is 23.7 Å². The molecule has 48 heavy (non-hydrogen) atoms. The van der Waals surface area contributed by atoms with E-state index in [0.717, 1.165) is 37.9 Å². The normalized spacial score (nSPS) is 24.0. The van der Waals surface area contributed by atoms with E-state index in [-0.39, 0.29) is 49.3 Å². The third-order valence-electron chi connectivity index (χ3n) is 9.05. The molecular formula is C36H63N3O9. The van der Waals surface area contributed by atoms with E-state index >= 15 is 0 Å². The molecule has 2 saturated heterocycles. The van der Waals surface area contributed by atoms with Crippen LogP contribution >= 0.6 is 0 Å². The summed E-state index contributed by atoms with van der Waals surface area (Å²) < 4.78 is 28.4. The van der Waals surface area contributed by atoms with Crippen LogP contribution in [-0.2, 0) is 33.3 Å². The monoisotopic (exact) mass is 681 g/mol. The number of ether oxygens (including phenoxy) is 5. The fourth-order valence-corrected chi connectivity index (χ4v) is 6.69. The van der Waals surface area contributed by atoms with Crippen LogP contribution in [0.1, 0.15) is 87.0 Å². The molecule has 1 unspecified atom stereocenters. The number of aliphatic hydroxyl groups excluding tert-OH is 1. The molecule has 2 heterocycles. The van der Waals surface area contributed by atoms with Crippen molar-refractivity contribution in [2.24, 2.45) is 11.8 Å². The Morgan fingerprint density at radius 1 is 1.12 bits per heavy atom. The minimum atomic E-state index is -0.828. The number of esters is 1. The van der Waals surface area contributed by atoms with E-state index in [1.54, 1.807) is 18.9 Å². The van der Waals surface area contributed by atoms with Gasteiger partial charge in [-0.25, -0.2) is 9.59 Å². The van der Waals surface area contributed by atoms with Crippen molar-refractivity contribution in [3.8, 4) is 0 Å². The molecule has 0 spiro atoms. The van der Waals surface area contributed by atoms with Crippen LogP contribution in [0.2, 0.25) is 0 Å². The highest BCUT2D eigenvalue weighted by Crippen LogP contribution is 2.31. The topological polar surface area (TPSA) is 145 Å². The van der Waals surface area contributed by atoms with Crippen LogP contribution in [-0.4, -0.2) is 117 Å². The van der Waals surface area contributed by atoms with Gasteiger partial charge < -0.3 is 44.3 Å². The summed E-state index contributed by atoms with van der Waals surface area (Å²) >= 11 is 0. The first-order chi connectivity index (χ1) is 22.7. The Balaban J connectivity index is 1.86. The molecule has 2 rings (SSSR count). The van der Waals surface area contributed by atoms with E-state index in [1.165, 1.54) is 7.11 Å². The number of amides is 2. The summed E-state index contributed by atoms with van der Waals surface area (Å²) in [6.07, 6.45) is 7.57. The number of nitrogens with zero attached hydrogens (tertiary/aromatic N) is 1. The molecule has 12 nitrogen and oxygen atoms in total. The first-order valence-electron chi connectivity index (χ1n) is 17.6. The summed E-state index contributed by atoms with van der Waals surface area (Å²) in [4.78, 5) is 39.3. The van der Waals surface area contributed by atoms with Crippen molar-refractivity contribution in [3.63, 3.8) is 0 Å². The number of piperazine rings is 1. The average Bonchev–Trinajstić information content (AvgIpc) is 3.02. The molecule has 0 aromatic heterocycles. The molecule has 0 saturated carbocycles. The minimum absolute atomic E-state index is 0.120. The van der Waals surface area contributed by atoms with Crippen LogP contribution in [0.4, 0.5) is 4.79 Å². The lowest BCUT2D eigenvalue weighted by molar-refractivity contribution is -0.149. The van der Waals surface area contributed by atoms with Crippen LogP contribution < -0.4 is 10.6 Å². The molecule has 8 atom stereocenters. The SMILES string of the molecule is COC(=O)[C@H](CCCOC(=O)N1CCNCC1)NC(=O)C[C@H]1CC[C@H](C)[C@@H](/C(C)=C/C=C/[C@@H](C)CC(C)(C)OC(C)[C@@H](OC)[C@@H](C)O)O1. The highest BCUT2D eigenvalue weighted by molar-refractivity contribution is 5.84. The molecule has 2 amide bonds. The van der Waals surface area contributed by atoms with Crippen LogP contribution in [0, 0.1) is 11.8 Å². The Bertz CT molecular complexity index is 1060. The Morgan fingerprint density at radius 3 is 2.44 bits per heavy atom. The Labute approximate surface area is 288 Å². The third-order valence-corrected chi connectivity index (χ3v) is 9.05. The second-order valence-corrected chi connectivity index (χ2v) is 14.1. The van der Waals surface area contributed by atoms with Crippen molar-refractivity contribution < 1.29 is 43.2 Å². The molecule has 12 heteroatoms. The van der Waals surface area contributed by atoms with Crippen molar-refractivity contribution in [1.82, 2.24) is 15.5 Å². The first-order valence-corrected chi connectivity index (χ1v) is 17.6. The molecule has 3 N–H and O–H groups in total. The molecule has 0 bridgehead atoms. The Morgan fingerprint density at radius 2 is 1.81 bits per heavy atom. The maximum atomic E-state index is 13.0. The lowest BCUT2D eigenvalue weighted by atomic mass is 9.88. The largest absolute Gasteiger partial charge is 0.467 e. The van der Waals surface area contributed by atoms with E-state index in [1.807, 2.05) is 6.92 Å². The highest BCUT2D eigenvalue weighted by Gasteiger charge is 2.32. The van der Waals surface area contributed by atoms with Gasteiger partial charge in [0.1, 0.15) is 12.1 Å². The lowest BCUT2D eigenvalue weighted by Gasteiger charge is -2.35. The number of hydrogen-bond donors (Lipinski definition) is 3. The number of allylic oxidation sites excluding steroid dienone is 3. The Hall–Kier alpha value is -2.51. The number of carbonyl (C=O) groups excluding carboxylic acids is 3. The van der Waals surface area contributed by atoms with Crippen molar-refractivity contribution in [2.45, 2.75) is 129 Å². The molecule has 0 radical (unpaired) electrons. The van der Waals surface area contributed by atoms with Crippen molar-refractivity contribution in [1.29, 1.82) is 0 Å². The summed E-state index contributed by atoms with van der Waals surface area (Å²) in [5.41, 5.74) is 0.676. The second-order valence-electron chi connectivity index (χ2n) is 14.1. The molecule has 0 aromatic carbocycles. The van der Waals surface area contributed by atoms with Gasteiger partial charge in [0, 0.05) is 33.3 Å². The maximum Gasteiger partial charge on any atom is 0.409 e. The van der Waals surface area contributed by atoms with Gasteiger partial charge in [-0.3, -0.25) is 4.79 Å². The standard InChI is InChI=1S/C36H63N3O9/c1-24(23-36(6,7)48-28(5)33(44-8)27(4)40)12-10-13-25(2)32-26(3)15-16-29(47-32)22-31(41)38-30(34(42)45-9)14-11-21-46-35(43)39-19-17-37-18-20-39/h10,12-13,24,26-30,32-33,37,40H,11,14-23H2,1-9H3,(H,38,41)/b12-10+,25-13+/t24-,26+,27-,28?,29-,30+,32-,33+/m1/s1. The predicted octanol–water partition coefficient (Wildman–Crippen LogP) is 4.15. The van der Waals surface area contributed by atoms with Crippen molar-refractivity contribution in [2.75, 3.05) is 47.0 Å². The fraction of sp³-hybridized carbons (Fsp3) is 0.806. The number of carbonyl (C=O) groups is 3. The number of nitrogens with one attached hydrogen (secondary N) is 2. The zero-order chi connectivity index (χ0) is 35.9. The van der Waals surface area contributed by atoms with Gasteiger partial charge in [0.25, 0.3) is 0 Å². The second kappa shape index (κ2) is 20.9. The number of methoxy groups -OCH3 is 2. The molecule has 2 fully saturated rings. The van der Waals surface area contributed by atoms with Crippen LogP contribution in [0.25, 0.3) is 0 Å². The van der Waals surface area contributed by atoms with E-state index in [0.29, 0.717) is 31.8 Å². The summed E-state index contributed by atoms with van der Waals surface area (Å²) in [6.45, 7) is 16.9. The molecule has 0 aromatic rings. The van der Waals surface area contributed by atoms with Gasteiger partial charge >= 0.3 is 12.1 Å². The number of aliphatic hydroxyl groups is 1. The zero-order valence-electron chi connectivity index (χ0n) is 30.8. The number of hydrogen-bond acceptors (Lipinski definition) is 10. The van der Waals surface area contributed by atoms with E-state index in [9.17, 15) is 19.5 Å². The fourth-order valence-electron chi connectivity index (χ4n) is 6.69. The van der Waals surface area contributed by atoms with Gasteiger partial charge in [0.05, 0.1) is 50.2 Å². The molecular weight excluding hydrogens is 618 g/mol. The summed E-state index contributed by atoms with van der Waals surface area (Å²) in [5, 5.41) is 16.0. The van der Waals surface area contributed by atoms with Gasteiger partial charge in [-0.15, -0.1) is 0 Å². The van der Waals surface area contributed by atoms with Crippen LogP contribution in [0.5, 0.6) is 0 Å². The van der Waals surface area contributed by atoms with Crippen molar-refractivity contribution in [3.05, 3.63) is 23.8 Å². The van der Waals surface area contributed by atoms with Gasteiger partial charge in [0.15, 0.2) is 0 Å². The third kappa shape index (κ3) is 14.5. The van der Waals surface area contributed by atoms with Gasteiger partial charge in [0.2, 0.25) is 5.91 Å². The molecule has 2 aliphatic heterocycles. The van der Waals surface area contributed by atoms with Gasteiger partial charge in [-0.1, -0.05) is 32.1 Å². The van der Waals surface area contributed by atoms with E-state index in [2.05, 4.69) is 63.5 Å². The van der Waals surface area contributed by atoms with E-state index < -0.39 is 29.8 Å².